The highest BCUT2D eigenvalue weighted by atomic mass is 19.1. The second-order valence-corrected chi connectivity index (χ2v) is 3.52. The second-order valence-electron chi connectivity index (χ2n) is 3.52. The van der Waals surface area contributed by atoms with Crippen LogP contribution in [0.4, 0.5) is 10.1 Å². The van der Waals surface area contributed by atoms with Crippen molar-refractivity contribution in [2.24, 2.45) is 0 Å². The van der Waals surface area contributed by atoms with E-state index in [1.54, 1.807) is 6.92 Å². The zero-order valence-electron chi connectivity index (χ0n) is 10.1. The van der Waals surface area contributed by atoms with Gasteiger partial charge in [-0.2, -0.15) is 0 Å². The van der Waals surface area contributed by atoms with E-state index in [4.69, 9.17) is 20.3 Å². The van der Waals surface area contributed by atoms with Gasteiger partial charge in [0.2, 0.25) is 0 Å². The number of hydrogen-bond donors (Lipinski definition) is 2. The predicted molar refractivity (Wildman–Crippen MR) is 64.0 cm³/mol. The largest absolute Gasteiger partial charge is 0.490 e. The summed E-state index contributed by atoms with van der Waals surface area (Å²) in [5, 5.41) is 8.60. The fourth-order valence-corrected chi connectivity index (χ4v) is 1.31. The zero-order chi connectivity index (χ0) is 13.5. The molecule has 100 valence electrons. The van der Waals surface area contributed by atoms with Crippen LogP contribution in [0.1, 0.15) is 23.7 Å². The van der Waals surface area contributed by atoms with Gasteiger partial charge in [-0.3, -0.25) is 0 Å². The molecular formula is C12H16FNO4. The maximum absolute atomic E-state index is 13.5. The third-order valence-corrected chi connectivity index (χ3v) is 2.16. The van der Waals surface area contributed by atoms with Crippen LogP contribution in [-0.4, -0.2) is 30.9 Å². The number of carbonyl (C=O) groups excluding carboxylic acids is 1. The van der Waals surface area contributed by atoms with Crippen molar-refractivity contribution in [2.45, 2.75) is 13.3 Å². The predicted octanol–water partition coefficient (Wildman–Crippen LogP) is 1.35. The highest BCUT2D eigenvalue weighted by molar-refractivity contribution is 5.95. The van der Waals surface area contributed by atoms with Crippen molar-refractivity contribution in [3.05, 3.63) is 23.5 Å². The summed E-state index contributed by atoms with van der Waals surface area (Å²) in [4.78, 5) is 11.5. The van der Waals surface area contributed by atoms with Crippen LogP contribution in [0.3, 0.4) is 0 Å². The van der Waals surface area contributed by atoms with E-state index in [-0.39, 0.29) is 36.8 Å². The lowest BCUT2D eigenvalue weighted by Gasteiger charge is -2.10. The molecule has 18 heavy (non-hydrogen) atoms. The Labute approximate surface area is 104 Å². The molecule has 6 heteroatoms. The standard InChI is InChI=1S/C12H16FNO4/c1-2-17-12(16)8-6-11(18-5-3-4-15)9(13)7-10(8)14/h6-7,15H,2-5,14H2,1H3. The fourth-order valence-electron chi connectivity index (χ4n) is 1.31. The van der Waals surface area contributed by atoms with Gasteiger partial charge in [0.15, 0.2) is 11.6 Å². The number of aliphatic hydroxyl groups excluding tert-OH is 1. The number of ether oxygens (including phenoxy) is 2. The van der Waals surface area contributed by atoms with Crippen LogP contribution in [0.25, 0.3) is 0 Å². The van der Waals surface area contributed by atoms with Gasteiger partial charge in [0.05, 0.1) is 18.8 Å². The first-order chi connectivity index (χ1) is 8.60. The van der Waals surface area contributed by atoms with Crippen molar-refractivity contribution < 1.29 is 23.8 Å². The summed E-state index contributed by atoms with van der Waals surface area (Å²) < 4.78 is 23.4. The van der Waals surface area contributed by atoms with E-state index in [0.29, 0.717) is 6.42 Å². The molecule has 0 spiro atoms. The number of hydrogen-bond acceptors (Lipinski definition) is 5. The molecule has 5 nitrogen and oxygen atoms in total. The first-order valence-corrected chi connectivity index (χ1v) is 5.60. The Morgan fingerprint density at radius 3 is 2.83 bits per heavy atom. The quantitative estimate of drug-likeness (QED) is 0.456. The summed E-state index contributed by atoms with van der Waals surface area (Å²) in [6, 6.07) is 2.22. The summed E-state index contributed by atoms with van der Waals surface area (Å²) >= 11 is 0. The fraction of sp³-hybridized carbons (Fsp3) is 0.417. The van der Waals surface area contributed by atoms with Crippen LogP contribution in [0.5, 0.6) is 5.75 Å². The van der Waals surface area contributed by atoms with Gasteiger partial charge in [0, 0.05) is 24.8 Å². The number of benzene rings is 1. The van der Waals surface area contributed by atoms with Gasteiger partial charge < -0.3 is 20.3 Å². The van der Waals surface area contributed by atoms with Gasteiger partial charge >= 0.3 is 5.97 Å². The molecule has 0 radical (unpaired) electrons. The van der Waals surface area contributed by atoms with E-state index in [2.05, 4.69) is 0 Å². The zero-order valence-corrected chi connectivity index (χ0v) is 10.1. The Morgan fingerprint density at radius 2 is 2.22 bits per heavy atom. The maximum atomic E-state index is 13.5. The van der Waals surface area contributed by atoms with Gasteiger partial charge in [0.1, 0.15) is 0 Å². The van der Waals surface area contributed by atoms with Gasteiger partial charge in [0.25, 0.3) is 0 Å². The van der Waals surface area contributed by atoms with Crippen LogP contribution >= 0.6 is 0 Å². The average Bonchev–Trinajstić information content (AvgIpc) is 2.32. The molecule has 0 amide bonds. The van der Waals surface area contributed by atoms with Gasteiger partial charge in [-0.05, 0) is 13.0 Å². The summed E-state index contributed by atoms with van der Waals surface area (Å²) in [6.07, 6.45) is 0.374. The Morgan fingerprint density at radius 1 is 1.50 bits per heavy atom. The molecule has 0 aliphatic rings. The van der Waals surface area contributed by atoms with Crippen molar-refractivity contribution >= 4 is 11.7 Å². The first-order valence-electron chi connectivity index (χ1n) is 5.60. The second kappa shape index (κ2) is 6.80. The molecule has 0 fully saturated rings. The first kappa shape index (κ1) is 14.2. The lowest BCUT2D eigenvalue weighted by molar-refractivity contribution is 0.0527. The monoisotopic (exact) mass is 257 g/mol. The maximum Gasteiger partial charge on any atom is 0.340 e. The number of nitrogen functional groups attached to an aromatic ring is 1. The molecule has 0 bridgehead atoms. The van der Waals surface area contributed by atoms with E-state index in [9.17, 15) is 9.18 Å². The van der Waals surface area contributed by atoms with Crippen LogP contribution < -0.4 is 10.5 Å². The SMILES string of the molecule is CCOC(=O)c1cc(OCCCO)c(F)cc1N. The van der Waals surface area contributed by atoms with Crippen molar-refractivity contribution in [1.29, 1.82) is 0 Å². The normalized spacial score (nSPS) is 10.2. The van der Waals surface area contributed by atoms with Crippen LogP contribution in [0.15, 0.2) is 12.1 Å². The Kier molecular flexibility index (Phi) is 5.38. The topological polar surface area (TPSA) is 81.8 Å². The van der Waals surface area contributed by atoms with Crippen molar-refractivity contribution in [1.82, 2.24) is 0 Å². The Bertz CT molecular complexity index is 423. The number of nitrogens with two attached hydrogens (primary N) is 1. The molecule has 0 unspecified atom stereocenters. The Balaban J connectivity index is 2.91. The summed E-state index contributed by atoms with van der Waals surface area (Å²) in [6.45, 7) is 1.97. The molecule has 0 saturated heterocycles. The molecule has 0 aromatic heterocycles. The van der Waals surface area contributed by atoms with Crippen LogP contribution in [0.2, 0.25) is 0 Å². The summed E-state index contributed by atoms with van der Waals surface area (Å²) in [5.41, 5.74) is 5.61. The number of carbonyl (C=O) groups is 1. The molecule has 0 saturated carbocycles. The Hall–Kier alpha value is -1.82. The van der Waals surface area contributed by atoms with Gasteiger partial charge in [-0.1, -0.05) is 0 Å². The third kappa shape index (κ3) is 3.59. The number of rotatable bonds is 6. The smallest absolute Gasteiger partial charge is 0.340 e. The molecule has 0 aliphatic carbocycles. The number of aliphatic hydroxyl groups is 1. The lowest BCUT2D eigenvalue weighted by Crippen LogP contribution is -2.10. The van der Waals surface area contributed by atoms with E-state index < -0.39 is 11.8 Å². The number of esters is 1. The average molecular weight is 257 g/mol. The van der Waals surface area contributed by atoms with E-state index >= 15 is 0 Å². The minimum Gasteiger partial charge on any atom is -0.490 e. The van der Waals surface area contributed by atoms with Crippen molar-refractivity contribution in [2.75, 3.05) is 25.6 Å². The van der Waals surface area contributed by atoms with Crippen LogP contribution in [0, 0.1) is 5.82 Å². The molecule has 1 rings (SSSR count). The molecular weight excluding hydrogens is 241 g/mol. The van der Waals surface area contributed by atoms with Crippen molar-refractivity contribution in [3.8, 4) is 5.75 Å². The number of halogens is 1. The minimum atomic E-state index is -0.654. The molecule has 0 atom stereocenters. The lowest BCUT2D eigenvalue weighted by atomic mass is 10.1. The molecule has 0 heterocycles. The van der Waals surface area contributed by atoms with Crippen LogP contribution in [-0.2, 0) is 4.74 Å². The molecule has 1 aromatic rings. The van der Waals surface area contributed by atoms with Crippen molar-refractivity contribution in [3.63, 3.8) is 0 Å². The molecule has 1 aromatic carbocycles. The summed E-state index contributed by atoms with van der Waals surface area (Å²) in [5.74, 6) is -1.36. The minimum absolute atomic E-state index is 0.000424. The van der Waals surface area contributed by atoms with Gasteiger partial charge in [-0.15, -0.1) is 0 Å². The molecule has 3 N–H and O–H groups in total. The van der Waals surface area contributed by atoms with Gasteiger partial charge in [-0.25, -0.2) is 9.18 Å². The third-order valence-electron chi connectivity index (χ3n) is 2.16. The number of anilines is 1. The molecule has 0 aliphatic heterocycles. The highest BCUT2D eigenvalue weighted by Crippen LogP contribution is 2.25. The summed E-state index contributed by atoms with van der Waals surface area (Å²) in [7, 11) is 0. The highest BCUT2D eigenvalue weighted by Gasteiger charge is 2.15. The van der Waals surface area contributed by atoms with E-state index in [0.717, 1.165) is 6.07 Å². The van der Waals surface area contributed by atoms with E-state index in [1.165, 1.54) is 6.07 Å². The van der Waals surface area contributed by atoms with E-state index in [1.807, 2.05) is 0 Å².